The molecule has 2 fully saturated rings. The van der Waals surface area contributed by atoms with Gasteiger partial charge in [0.15, 0.2) is 0 Å². The Kier molecular flexibility index (Phi) is 4.78. The third-order valence-electron chi connectivity index (χ3n) is 5.59. The van der Waals surface area contributed by atoms with E-state index in [1.165, 1.54) is 63.6 Å². The number of hydrogen-bond acceptors (Lipinski definition) is 4. The first-order valence-electron chi connectivity index (χ1n) is 9.27. The van der Waals surface area contributed by atoms with E-state index in [4.69, 9.17) is 4.74 Å². The van der Waals surface area contributed by atoms with E-state index in [-0.39, 0.29) is 0 Å². The third-order valence-corrected chi connectivity index (χ3v) is 5.59. The molecule has 1 N–H and O–H groups in total. The number of aromatic nitrogens is 3. The zero-order valence-corrected chi connectivity index (χ0v) is 14.2. The number of rotatable bonds is 4. The van der Waals surface area contributed by atoms with E-state index < -0.39 is 0 Å². The van der Waals surface area contributed by atoms with Crippen LogP contribution in [0.2, 0.25) is 0 Å². The van der Waals surface area contributed by atoms with Crippen molar-refractivity contribution >= 4 is 0 Å². The van der Waals surface area contributed by atoms with Crippen molar-refractivity contribution in [2.45, 2.75) is 56.9 Å². The average molecular weight is 326 g/mol. The average Bonchev–Trinajstić information content (AvgIpc) is 3.16. The van der Waals surface area contributed by atoms with Crippen molar-refractivity contribution in [2.24, 2.45) is 0 Å². The van der Waals surface area contributed by atoms with Gasteiger partial charge in [-0.15, -0.1) is 0 Å². The molecule has 2 aromatic rings. The highest BCUT2D eigenvalue weighted by Crippen LogP contribution is 2.33. The third kappa shape index (κ3) is 3.61. The molecule has 1 aliphatic heterocycles. The van der Waals surface area contributed by atoms with Gasteiger partial charge in [0.05, 0.1) is 6.20 Å². The van der Waals surface area contributed by atoms with Gasteiger partial charge >= 0.3 is 0 Å². The van der Waals surface area contributed by atoms with Crippen molar-refractivity contribution in [1.29, 1.82) is 0 Å². The number of piperidine rings is 1. The summed E-state index contributed by atoms with van der Waals surface area (Å²) in [4.78, 5) is 2.75. The molecule has 0 amide bonds. The molecule has 5 nitrogen and oxygen atoms in total. The fraction of sp³-hybridized carbons (Fsp3) is 0.579. The van der Waals surface area contributed by atoms with Crippen molar-refractivity contribution in [2.75, 3.05) is 13.1 Å². The summed E-state index contributed by atoms with van der Waals surface area (Å²) in [6.07, 6.45) is 11.3. The summed E-state index contributed by atoms with van der Waals surface area (Å²) in [5, 5.41) is 10.1. The molecular weight excluding hydrogens is 300 g/mol. The normalized spacial score (nSPS) is 21.0. The predicted molar refractivity (Wildman–Crippen MR) is 93.3 cm³/mol. The van der Waals surface area contributed by atoms with Crippen LogP contribution in [0.4, 0.5) is 0 Å². The zero-order valence-electron chi connectivity index (χ0n) is 14.2. The molecule has 2 aliphatic rings. The first-order chi connectivity index (χ1) is 11.9. The first-order valence-corrected chi connectivity index (χ1v) is 9.27. The minimum absolute atomic E-state index is 0.503. The Balaban J connectivity index is 1.32. The second-order valence-electron chi connectivity index (χ2n) is 7.08. The van der Waals surface area contributed by atoms with E-state index in [2.05, 4.69) is 32.4 Å². The summed E-state index contributed by atoms with van der Waals surface area (Å²) in [5.41, 5.74) is 1.44. The summed E-state index contributed by atoms with van der Waals surface area (Å²) in [6.45, 7) is 2.51. The molecule has 2 heterocycles. The lowest BCUT2D eigenvalue weighted by molar-refractivity contribution is 0.122. The Hall–Kier alpha value is -1.88. The Morgan fingerprint density at radius 1 is 0.958 bits per heavy atom. The van der Waals surface area contributed by atoms with Gasteiger partial charge < -0.3 is 9.64 Å². The molecule has 1 aliphatic carbocycles. The molecule has 0 bridgehead atoms. The van der Waals surface area contributed by atoms with Crippen LogP contribution in [0.5, 0.6) is 11.6 Å². The van der Waals surface area contributed by atoms with Crippen molar-refractivity contribution < 1.29 is 4.74 Å². The highest BCUT2D eigenvalue weighted by atomic mass is 16.5. The zero-order chi connectivity index (χ0) is 16.2. The van der Waals surface area contributed by atoms with Gasteiger partial charge in [0.1, 0.15) is 5.75 Å². The number of aromatic amines is 1. The SMILES string of the molecule is c1cc(C2CCN(C3CCCCC3)CC2)ccc1Oc1c[nH]nn1. The van der Waals surface area contributed by atoms with E-state index >= 15 is 0 Å². The molecule has 1 aromatic heterocycles. The second-order valence-corrected chi connectivity index (χ2v) is 7.08. The summed E-state index contributed by atoms with van der Waals surface area (Å²) < 4.78 is 5.64. The van der Waals surface area contributed by atoms with Gasteiger partial charge in [-0.3, -0.25) is 5.10 Å². The molecule has 0 atom stereocenters. The molecule has 24 heavy (non-hydrogen) atoms. The van der Waals surface area contributed by atoms with Gasteiger partial charge in [-0.2, -0.15) is 0 Å². The van der Waals surface area contributed by atoms with Gasteiger partial charge in [0.25, 0.3) is 5.88 Å². The van der Waals surface area contributed by atoms with Gasteiger partial charge in [-0.1, -0.05) is 41.7 Å². The lowest BCUT2D eigenvalue weighted by Gasteiger charge is -2.39. The highest BCUT2D eigenvalue weighted by Gasteiger charge is 2.26. The molecule has 0 spiro atoms. The van der Waals surface area contributed by atoms with Crippen LogP contribution < -0.4 is 4.74 Å². The molecule has 4 rings (SSSR count). The number of ether oxygens (including phenoxy) is 1. The molecule has 5 heteroatoms. The number of likely N-dealkylation sites (tertiary alicyclic amines) is 1. The number of hydrogen-bond donors (Lipinski definition) is 1. The maximum Gasteiger partial charge on any atom is 0.258 e. The summed E-state index contributed by atoms with van der Waals surface area (Å²) >= 11 is 0. The monoisotopic (exact) mass is 326 g/mol. The fourth-order valence-electron chi connectivity index (χ4n) is 4.21. The van der Waals surface area contributed by atoms with Gasteiger partial charge in [-0.25, -0.2) is 0 Å². The fourth-order valence-corrected chi connectivity index (χ4v) is 4.21. The number of benzene rings is 1. The van der Waals surface area contributed by atoms with Crippen molar-refractivity contribution in [1.82, 2.24) is 20.3 Å². The molecule has 1 saturated heterocycles. The number of nitrogens with zero attached hydrogens (tertiary/aromatic N) is 3. The standard InChI is InChI=1S/C19H26N4O/c1-2-4-17(5-3-1)23-12-10-16(11-13-23)15-6-8-18(9-7-15)24-19-14-20-22-21-19/h6-9,14,16-17H,1-5,10-13H2,(H,20,21,22). The summed E-state index contributed by atoms with van der Waals surface area (Å²) in [5.74, 6) is 2.00. The predicted octanol–water partition coefficient (Wildman–Crippen LogP) is 4.11. The minimum Gasteiger partial charge on any atom is -0.436 e. The van der Waals surface area contributed by atoms with E-state index in [0.29, 0.717) is 11.8 Å². The van der Waals surface area contributed by atoms with Crippen LogP contribution in [0.1, 0.15) is 56.4 Å². The summed E-state index contributed by atoms with van der Waals surface area (Å²) in [6, 6.07) is 9.35. The van der Waals surface area contributed by atoms with Crippen LogP contribution in [-0.2, 0) is 0 Å². The molecule has 0 unspecified atom stereocenters. The first kappa shape index (κ1) is 15.6. The largest absolute Gasteiger partial charge is 0.436 e. The van der Waals surface area contributed by atoms with Gasteiger partial charge in [-0.05, 0) is 62.4 Å². The van der Waals surface area contributed by atoms with Crippen LogP contribution >= 0.6 is 0 Å². The Morgan fingerprint density at radius 2 is 1.71 bits per heavy atom. The van der Waals surface area contributed by atoms with Crippen molar-refractivity contribution in [3.63, 3.8) is 0 Å². The van der Waals surface area contributed by atoms with E-state index in [0.717, 1.165) is 11.8 Å². The summed E-state index contributed by atoms with van der Waals surface area (Å²) in [7, 11) is 0. The Bertz CT molecular complexity index is 611. The lowest BCUT2D eigenvalue weighted by Crippen LogP contribution is -2.41. The highest BCUT2D eigenvalue weighted by molar-refractivity contribution is 5.31. The number of H-pyrrole nitrogens is 1. The van der Waals surface area contributed by atoms with E-state index in [1.54, 1.807) is 6.20 Å². The minimum atomic E-state index is 0.503. The number of nitrogens with one attached hydrogen (secondary N) is 1. The van der Waals surface area contributed by atoms with Crippen LogP contribution in [0.25, 0.3) is 0 Å². The molecule has 128 valence electrons. The lowest BCUT2D eigenvalue weighted by atomic mass is 9.87. The van der Waals surface area contributed by atoms with Gasteiger partial charge in [0, 0.05) is 6.04 Å². The van der Waals surface area contributed by atoms with Gasteiger partial charge in [0.2, 0.25) is 0 Å². The van der Waals surface area contributed by atoms with Crippen LogP contribution in [0, 0.1) is 0 Å². The second kappa shape index (κ2) is 7.34. The van der Waals surface area contributed by atoms with E-state index in [1.807, 2.05) is 12.1 Å². The van der Waals surface area contributed by atoms with Crippen LogP contribution in [0.3, 0.4) is 0 Å². The molecule has 0 radical (unpaired) electrons. The molecular formula is C19H26N4O. The van der Waals surface area contributed by atoms with Crippen molar-refractivity contribution in [3.8, 4) is 11.6 Å². The topological polar surface area (TPSA) is 54.0 Å². The Morgan fingerprint density at radius 3 is 2.38 bits per heavy atom. The molecule has 1 aromatic carbocycles. The smallest absolute Gasteiger partial charge is 0.258 e. The Labute approximate surface area is 143 Å². The van der Waals surface area contributed by atoms with Crippen LogP contribution in [0.15, 0.2) is 30.5 Å². The maximum atomic E-state index is 5.64. The molecule has 1 saturated carbocycles. The quantitative estimate of drug-likeness (QED) is 0.918. The van der Waals surface area contributed by atoms with Crippen molar-refractivity contribution in [3.05, 3.63) is 36.0 Å². The van der Waals surface area contributed by atoms with E-state index in [9.17, 15) is 0 Å². The maximum absolute atomic E-state index is 5.64. The van der Waals surface area contributed by atoms with Crippen LogP contribution in [-0.4, -0.2) is 39.4 Å².